The highest BCUT2D eigenvalue weighted by Gasteiger charge is 2.11. The molecule has 0 aliphatic rings. The van der Waals surface area contributed by atoms with Gasteiger partial charge in [-0.25, -0.2) is 0 Å². The first kappa shape index (κ1) is 18.3. The molecule has 4 nitrogen and oxygen atoms in total. The lowest BCUT2D eigenvalue weighted by Crippen LogP contribution is -2.02. The van der Waals surface area contributed by atoms with Crippen LogP contribution >= 0.6 is 22.6 Å². The van der Waals surface area contributed by atoms with Gasteiger partial charge in [0.05, 0.1) is 23.0 Å². The SMILES string of the molecule is C=CCOc1c(I)cc(C=Nc2ccc(OC)cc2)cc1OCC. The van der Waals surface area contributed by atoms with Gasteiger partial charge in [0.25, 0.3) is 0 Å². The first-order valence-corrected chi connectivity index (χ1v) is 8.64. The Morgan fingerprint density at radius 2 is 1.92 bits per heavy atom. The van der Waals surface area contributed by atoms with Gasteiger partial charge in [-0.1, -0.05) is 12.7 Å². The summed E-state index contributed by atoms with van der Waals surface area (Å²) >= 11 is 2.24. The van der Waals surface area contributed by atoms with Crippen molar-refractivity contribution < 1.29 is 14.2 Å². The Morgan fingerprint density at radius 3 is 2.54 bits per heavy atom. The number of ether oxygens (including phenoxy) is 3. The molecule has 2 rings (SSSR count). The van der Waals surface area contributed by atoms with Crippen LogP contribution in [0.15, 0.2) is 54.0 Å². The highest BCUT2D eigenvalue weighted by Crippen LogP contribution is 2.34. The molecule has 0 N–H and O–H groups in total. The Hall–Kier alpha value is -2.02. The first-order valence-electron chi connectivity index (χ1n) is 7.56. The summed E-state index contributed by atoms with van der Waals surface area (Å²) in [5, 5.41) is 0. The smallest absolute Gasteiger partial charge is 0.174 e. The minimum atomic E-state index is 0.440. The molecule has 0 amide bonds. The molecule has 126 valence electrons. The predicted molar refractivity (Wildman–Crippen MR) is 106 cm³/mol. The number of benzene rings is 2. The fourth-order valence-corrected chi connectivity index (χ4v) is 2.81. The van der Waals surface area contributed by atoms with E-state index in [-0.39, 0.29) is 0 Å². The van der Waals surface area contributed by atoms with Crippen LogP contribution in [0.4, 0.5) is 5.69 Å². The van der Waals surface area contributed by atoms with E-state index in [1.54, 1.807) is 13.2 Å². The number of nitrogens with zero attached hydrogens (tertiary/aromatic N) is 1. The maximum Gasteiger partial charge on any atom is 0.174 e. The van der Waals surface area contributed by atoms with Crippen molar-refractivity contribution in [1.82, 2.24) is 0 Å². The van der Waals surface area contributed by atoms with Crippen LogP contribution in [0.2, 0.25) is 0 Å². The van der Waals surface area contributed by atoms with Crippen molar-refractivity contribution >= 4 is 34.5 Å². The van der Waals surface area contributed by atoms with E-state index < -0.39 is 0 Å². The topological polar surface area (TPSA) is 40.0 Å². The molecule has 0 spiro atoms. The fraction of sp³-hybridized carbons (Fsp3) is 0.211. The van der Waals surface area contributed by atoms with Crippen molar-refractivity contribution in [3.8, 4) is 17.2 Å². The van der Waals surface area contributed by atoms with E-state index in [0.29, 0.717) is 19.0 Å². The zero-order valence-corrected chi connectivity index (χ0v) is 15.9. The van der Waals surface area contributed by atoms with Crippen molar-refractivity contribution in [2.45, 2.75) is 6.92 Å². The molecule has 0 saturated heterocycles. The Balaban J connectivity index is 2.25. The minimum Gasteiger partial charge on any atom is -0.497 e. The lowest BCUT2D eigenvalue weighted by Gasteiger charge is -2.13. The number of rotatable bonds is 8. The van der Waals surface area contributed by atoms with E-state index in [1.807, 2.05) is 49.5 Å². The van der Waals surface area contributed by atoms with Gasteiger partial charge in [-0.05, 0) is 71.5 Å². The number of halogens is 1. The molecular formula is C19H20INO3. The van der Waals surface area contributed by atoms with E-state index in [1.165, 1.54) is 0 Å². The summed E-state index contributed by atoms with van der Waals surface area (Å²) in [5.74, 6) is 2.26. The van der Waals surface area contributed by atoms with E-state index in [2.05, 4.69) is 34.2 Å². The number of hydrogen-bond donors (Lipinski definition) is 0. The second-order valence-electron chi connectivity index (χ2n) is 4.82. The molecule has 2 aromatic carbocycles. The third kappa shape index (κ3) is 4.99. The Bertz CT molecular complexity index is 711. The molecule has 0 bridgehead atoms. The zero-order chi connectivity index (χ0) is 17.4. The van der Waals surface area contributed by atoms with Gasteiger partial charge in [0.2, 0.25) is 0 Å². The molecule has 0 radical (unpaired) electrons. The van der Waals surface area contributed by atoms with Crippen LogP contribution in [0, 0.1) is 3.57 Å². The van der Waals surface area contributed by atoms with Gasteiger partial charge in [0.1, 0.15) is 12.4 Å². The molecule has 5 heteroatoms. The molecule has 0 aliphatic carbocycles. The monoisotopic (exact) mass is 437 g/mol. The van der Waals surface area contributed by atoms with Crippen LogP contribution in [0.5, 0.6) is 17.2 Å². The maximum atomic E-state index is 5.70. The molecule has 0 heterocycles. The van der Waals surface area contributed by atoms with Crippen LogP contribution < -0.4 is 14.2 Å². The van der Waals surface area contributed by atoms with E-state index in [0.717, 1.165) is 26.3 Å². The number of aliphatic imine (C=N–C) groups is 1. The average Bonchev–Trinajstić information content (AvgIpc) is 2.60. The second kappa shape index (κ2) is 9.32. The Labute approximate surface area is 156 Å². The summed E-state index contributed by atoms with van der Waals surface area (Å²) in [4.78, 5) is 4.49. The van der Waals surface area contributed by atoms with E-state index in [9.17, 15) is 0 Å². The molecular weight excluding hydrogens is 417 g/mol. The quantitative estimate of drug-likeness (QED) is 0.331. The average molecular weight is 437 g/mol. The van der Waals surface area contributed by atoms with Gasteiger partial charge in [0, 0.05) is 6.21 Å². The third-order valence-electron chi connectivity index (χ3n) is 3.11. The molecule has 0 saturated carbocycles. The summed E-state index contributed by atoms with van der Waals surface area (Å²) in [7, 11) is 1.64. The Kier molecular flexibility index (Phi) is 7.11. The standard InChI is InChI=1S/C19H20INO3/c1-4-10-24-19-17(20)11-14(12-18(19)23-5-2)13-21-15-6-8-16(22-3)9-7-15/h4,6-9,11-13H,1,5,10H2,2-3H3. The van der Waals surface area contributed by atoms with Gasteiger partial charge in [-0.15, -0.1) is 0 Å². The molecule has 0 fully saturated rings. The fourth-order valence-electron chi connectivity index (χ4n) is 2.03. The maximum absolute atomic E-state index is 5.70. The normalized spacial score (nSPS) is 10.6. The van der Waals surface area contributed by atoms with Crippen molar-refractivity contribution in [2.24, 2.45) is 4.99 Å². The highest BCUT2D eigenvalue weighted by molar-refractivity contribution is 14.1. The van der Waals surface area contributed by atoms with Gasteiger partial charge >= 0.3 is 0 Å². The Morgan fingerprint density at radius 1 is 1.17 bits per heavy atom. The van der Waals surface area contributed by atoms with Crippen LogP contribution in [-0.4, -0.2) is 26.5 Å². The lowest BCUT2D eigenvalue weighted by molar-refractivity contribution is 0.295. The van der Waals surface area contributed by atoms with Gasteiger partial charge in [0.15, 0.2) is 11.5 Å². The summed E-state index contributed by atoms with van der Waals surface area (Å²) in [6.45, 7) is 6.63. The molecule has 0 aliphatic heterocycles. The van der Waals surface area contributed by atoms with Crippen molar-refractivity contribution in [3.63, 3.8) is 0 Å². The van der Waals surface area contributed by atoms with E-state index >= 15 is 0 Å². The zero-order valence-electron chi connectivity index (χ0n) is 13.8. The van der Waals surface area contributed by atoms with Gasteiger partial charge < -0.3 is 14.2 Å². The summed E-state index contributed by atoms with van der Waals surface area (Å²) in [5.41, 5.74) is 1.81. The molecule has 24 heavy (non-hydrogen) atoms. The largest absolute Gasteiger partial charge is 0.497 e. The van der Waals surface area contributed by atoms with Crippen molar-refractivity contribution in [1.29, 1.82) is 0 Å². The van der Waals surface area contributed by atoms with Crippen LogP contribution in [0.1, 0.15) is 12.5 Å². The third-order valence-corrected chi connectivity index (χ3v) is 3.91. The van der Waals surface area contributed by atoms with Gasteiger partial charge in [-0.3, -0.25) is 4.99 Å². The minimum absolute atomic E-state index is 0.440. The lowest BCUT2D eigenvalue weighted by atomic mass is 10.2. The van der Waals surface area contributed by atoms with E-state index in [4.69, 9.17) is 14.2 Å². The summed E-state index contributed by atoms with van der Waals surface area (Å²) in [6.07, 6.45) is 3.52. The van der Waals surface area contributed by atoms with Crippen molar-refractivity contribution in [2.75, 3.05) is 20.3 Å². The van der Waals surface area contributed by atoms with Crippen LogP contribution in [0.25, 0.3) is 0 Å². The summed E-state index contributed by atoms with van der Waals surface area (Å²) in [6, 6.07) is 11.5. The molecule has 0 aromatic heterocycles. The number of methoxy groups -OCH3 is 1. The van der Waals surface area contributed by atoms with Crippen LogP contribution in [0.3, 0.4) is 0 Å². The van der Waals surface area contributed by atoms with Crippen molar-refractivity contribution in [3.05, 3.63) is 58.2 Å². The summed E-state index contributed by atoms with van der Waals surface area (Å²) < 4.78 is 17.5. The predicted octanol–water partition coefficient (Wildman–Crippen LogP) is 5.01. The second-order valence-corrected chi connectivity index (χ2v) is 5.98. The molecule has 0 unspecified atom stereocenters. The van der Waals surface area contributed by atoms with Gasteiger partial charge in [-0.2, -0.15) is 0 Å². The highest BCUT2D eigenvalue weighted by atomic mass is 127. The number of hydrogen-bond acceptors (Lipinski definition) is 4. The first-order chi connectivity index (χ1) is 11.7. The molecule has 2 aromatic rings. The van der Waals surface area contributed by atoms with Crippen LogP contribution in [-0.2, 0) is 0 Å². The molecule has 0 atom stereocenters.